The lowest BCUT2D eigenvalue weighted by atomic mass is 9.43. The minimum Gasteiger partial charge on any atom is -0.462 e. The van der Waals surface area contributed by atoms with E-state index in [9.17, 15) is 19.5 Å². The maximum atomic E-state index is 13.2. The van der Waals surface area contributed by atoms with Crippen LogP contribution in [0.5, 0.6) is 0 Å². The Hall–Kier alpha value is -1.97. The average molecular weight is 573 g/mol. The monoisotopic (exact) mass is 572 g/mol. The number of nitrogens with zero attached hydrogens (tertiary/aromatic N) is 2. The molecule has 2 heterocycles. The molecule has 228 valence electrons. The topological polar surface area (TPSA) is 106 Å². The Balaban J connectivity index is 1.19. The van der Waals surface area contributed by atoms with E-state index in [-0.39, 0.29) is 47.7 Å². The minimum atomic E-state index is -0.983. The Morgan fingerprint density at radius 3 is 2.56 bits per heavy atom. The molecular weight excluding hydrogens is 524 g/mol. The first-order valence-corrected chi connectivity index (χ1v) is 15.8. The van der Waals surface area contributed by atoms with E-state index in [1.807, 2.05) is 11.9 Å². The Morgan fingerprint density at radius 1 is 1.12 bits per heavy atom. The largest absolute Gasteiger partial charge is 0.462 e. The van der Waals surface area contributed by atoms with Crippen LogP contribution in [-0.4, -0.2) is 97.0 Å². The van der Waals surface area contributed by atoms with Gasteiger partial charge in [-0.3, -0.25) is 14.5 Å². The first-order chi connectivity index (χ1) is 19.5. The summed E-state index contributed by atoms with van der Waals surface area (Å²) in [7, 11) is 1.98. The molecule has 9 atom stereocenters. The van der Waals surface area contributed by atoms with Gasteiger partial charge in [0.25, 0.3) is 0 Å². The molecule has 41 heavy (non-hydrogen) atoms. The van der Waals surface area contributed by atoms with Gasteiger partial charge in [0.2, 0.25) is 5.91 Å². The van der Waals surface area contributed by atoms with E-state index in [1.54, 1.807) is 6.08 Å². The van der Waals surface area contributed by atoms with Crippen molar-refractivity contribution in [3.63, 3.8) is 0 Å². The molecule has 0 aromatic rings. The van der Waals surface area contributed by atoms with Gasteiger partial charge < -0.3 is 24.2 Å². The summed E-state index contributed by atoms with van der Waals surface area (Å²) in [5.41, 5.74) is -0.530. The first kappa shape index (κ1) is 29.1. The van der Waals surface area contributed by atoms with E-state index in [0.717, 1.165) is 63.6 Å². The van der Waals surface area contributed by atoms with Crippen molar-refractivity contribution in [1.82, 2.24) is 9.80 Å². The number of hydrogen-bond donors (Lipinski definition) is 1. The van der Waals surface area contributed by atoms with Gasteiger partial charge >= 0.3 is 11.9 Å². The lowest BCUT2D eigenvalue weighted by molar-refractivity contribution is -0.206. The van der Waals surface area contributed by atoms with Gasteiger partial charge in [-0.25, -0.2) is 4.79 Å². The van der Waals surface area contributed by atoms with Gasteiger partial charge in [0.15, 0.2) is 0 Å². The molecule has 4 saturated carbocycles. The predicted octanol–water partition coefficient (Wildman–Crippen LogP) is 2.94. The first-order valence-electron chi connectivity index (χ1n) is 15.8. The van der Waals surface area contributed by atoms with Gasteiger partial charge in [-0.2, -0.15) is 0 Å². The molecule has 4 aliphatic carbocycles. The average Bonchev–Trinajstić information content (AvgIpc) is 3.44. The van der Waals surface area contributed by atoms with Gasteiger partial charge in [0.05, 0.1) is 25.4 Å². The minimum absolute atomic E-state index is 0.102. The lowest BCUT2D eigenvalue weighted by Crippen LogP contribution is -2.63. The maximum absolute atomic E-state index is 13.2. The van der Waals surface area contributed by atoms with Crippen molar-refractivity contribution in [3.05, 3.63) is 11.6 Å². The summed E-state index contributed by atoms with van der Waals surface area (Å²) in [6, 6.07) is 0.256. The number of ether oxygens (including phenoxy) is 3. The van der Waals surface area contributed by atoms with Gasteiger partial charge in [-0.1, -0.05) is 13.8 Å². The van der Waals surface area contributed by atoms with Crippen LogP contribution in [0.25, 0.3) is 0 Å². The van der Waals surface area contributed by atoms with Crippen molar-refractivity contribution in [1.29, 1.82) is 0 Å². The summed E-state index contributed by atoms with van der Waals surface area (Å²) in [4.78, 5) is 41.6. The molecule has 0 aromatic heterocycles. The number of cyclic esters (lactones) is 1. The maximum Gasteiger partial charge on any atom is 0.331 e. The Morgan fingerprint density at radius 2 is 1.88 bits per heavy atom. The Kier molecular flexibility index (Phi) is 7.55. The highest BCUT2D eigenvalue weighted by Gasteiger charge is 2.71. The summed E-state index contributed by atoms with van der Waals surface area (Å²) in [5, 5.41) is 12.7. The van der Waals surface area contributed by atoms with E-state index in [1.165, 1.54) is 6.92 Å². The van der Waals surface area contributed by atoms with E-state index >= 15 is 0 Å². The van der Waals surface area contributed by atoms with Crippen LogP contribution in [-0.2, 0) is 28.6 Å². The van der Waals surface area contributed by atoms with Crippen molar-refractivity contribution in [2.24, 2.45) is 34.5 Å². The standard InChI is InChI=1S/C32H48N2O7/c1-20(35)41-26-17-32(38)25-6-5-22-16-23(33(4)27(36)18-34-11-13-39-14-12-34)7-9-30(22,2)24(25)8-10-31(32,3)29(26)21-15-28(37)40-19-21/h15,22-26,29,38H,5-14,16-19H2,1-4H3/t22-,23+,24+,25-,26+,29+,30+,31-,32+/m1/s1. The molecule has 1 saturated heterocycles. The second-order valence-electron chi connectivity index (χ2n) is 14.4. The van der Waals surface area contributed by atoms with Gasteiger partial charge in [-0.05, 0) is 73.7 Å². The molecule has 9 nitrogen and oxygen atoms in total. The zero-order valence-corrected chi connectivity index (χ0v) is 25.2. The fourth-order valence-electron chi connectivity index (χ4n) is 10.4. The number of hydrogen-bond acceptors (Lipinski definition) is 8. The quantitative estimate of drug-likeness (QED) is 0.502. The highest BCUT2D eigenvalue weighted by Crippen LogP contribution is 2.70. The van der Waals surface area contributed by atoms with Crippen LogP contribution in [0.1, 0.15) is 72.1 Å². The van der Waals surface area contributed by atoms with Crippen LogP contribution >= 0.6 is 0 Å². The van der Waals surface area contributed by atoms with Crippen LogP contribution in [0.15, 0.2) is 11.6 Å². The zero-order valence-electron chi connectivity index (χ0n) is 25.2. The fourth-order valence-corrected chi connectivity index (χ4v) is 10.4. The number of fused-ring (bicyclic) bond motifs is 5. The lowest BCUT2D eigenvalue weighted by Gasteiger charge is -2.64. The smallest absolute Gasteiger partial charge is 0.331 e. The summed E-state index contributed by atoms with van der Waals surface area (Å²) in [6.07, 6.45) is 8.36. The molecule has 2 aliphatic heterocycles. The van der Waals surface area contributed by atoms with Gasteiger partial charge in [-0.15, -0.1) is 0 Å². The summed E-state index contributed by atoms with van der Waals surface area (Å²) in [5.74, 6) is 0.273. The summed E-state index contributed by atoms with van der Waals surface area (Å²) >= 11 is 0. The van der Waals surface area contributed by atoms with E-state index in [0.29, 0.717) is 38.0 Å². The number of aliphatic hydroxyl groups is 1. The normalized spacial score (nSPS) is 44.2. The molecule has 6 rings (SSSR count). The summed E-state index contributed by atoms with van der Waals surface area (Å²) in [6.45, 7) is 9.71. The highest BCUT2D eigenvalue weighted by atomic mass is 16.5. The van der Waals surface area contributed by atoms with Crippen LogP contribution in [0.3, 0.4) is 0 Å². The number of amides is 1. The molecule has 6 aliphatic rings. The highest BCUT2D eigenvalue weighted by molar-refractivity contribution is 5.85. The fraction of sp³-hybridized carbons (Fsp3) is 0.844. The van der Waals surface area contributed by atoms with E-state index < -0.39 is 17.1 Å². The van der Waals surface area contributed by atoms with Crippen molar-refractivity contribution in [3.8, 4) is 0 Å². The van der Waals surface area contributed by atoms with Crippen LogP contribution in [0, 0.1) is 34.5 Å². The Bertz CT molecular complexity index is 1100. The number of carbonyl (C=O) groups is 3. The number of morpholine rings is 1. The predicted molar refractivity (Wildman–Crippen MR) is 150 cm³/mol. The summed E-state index contributed by atoms with van der Waals surface area (Å²) < 4.78 is 16.6. The van der Waals surface area contributed by atoms with Crippen LogP contribution in [0.2, 0.25) is 0 Å². The number of likely N-dealkylation sites (N-methyl/N-ethyl adjacent to an activating group) is 1. The molecule has 1 amide bonds. The van der Waals surface area contributed by atoms with Crippen molar-refractivity contribution < 1.29 is 33.7 Å². The van der Waals surface area contributed by atoms with Crippen LogP contribution in [0.4, 0.5) is 0 Å². The van der Waals surface area contributed by atoms with Crippen molar-refractivity contribution in [2.45, 2.75) is 89.9 Å². The second kappa shape index (κ2) is 10.6. The SMILES string of the molecule is CC(=O)O[C@H]1C[C@]2(O)[C@@H]3CC[C@@H]4C[C@@H](N(C)C(=O)CN5CCOCC5)CC[C@]4(C)[C@H]3CC[C@]2(C)[C@H]1C1=CC(=O)OC1. The van der Waals surface area contributed by atoms with Crippen molar-refractivity contribution >= 4 is 17.8 Å². The number of rotatable bonds is 5. The van der Waals surface area contributed by atoms with E-state index in [4.69, 9.17) is 14.2 Å². The molecule has 0 spiro atoms. The second-order valence-corrected chi connectivity index (χ2v) is 14.4. The van der Waals surface area contributed by atoms with Crippen molar-refractivity contribution in [2.75, 3.05) is 46.5 Å². The Labute approximate surface area is 243 Å². The molecule has 9 heteroatoms. The molecule has 0 radical (unpaired) electrons. The van der Waals surface area contributed by atoms with E-state index in [2.05, 4.69) is 18.7 Å². The number of esters is 2. The zero-order chi connectivity index (χ0) is 29.2. The molecule has 0 unspecified atom stereocenters. The number of carbonyl (C=O) groups excluding carboxylic acids is 3. The molecule has 0 aromatic carbocycles. The molecule has 5 fully saturated rings. The third kappa shape index (κ3) is 4.74. The molecule has 0 bridgehead atoms. The van der Waals surface area contributed by atoms with Gasteiger partial charge in [0.1, 0.15) is 12.7 Å². The van der Waals surface area contributed by atoms with Gasteiger partial charge in [0, 0.05) is 56.9 Å². The van der Waals surface area contributed by atoms with Crippen LogP contribution < -0.4 is 0 Å². The third-order valence-electron chi connectivity index (χ3n) is 12.6. The molecule has 1 N–H and O–H groups in total. The third-order valence-corrected chi connectivity index (χ3v) is 12.6. The molecular formula is C32H48N2O7.